The van der Waals surface area contributed by atoms with Gasteiger partial charge in [-0.15, -0.1) is 0 Å². The maximum atomic E-state index is 12.5. The van der Waals surface area contributed by atoms with Crippen molar-refractivity contribution in [3.8, 4) is 17.6 Å². The number of rotatable bonds is 6. The molecule has 2 rings (SSSR count). The first-order valence-electron chi connectivity index (χ1n) is 7.90. The van der Waals surface area contributed by atoms with E-state index in [1.165, 1.54) is 38.5 Å². The molecule has 0 saturated heterocycles. The van der Waals surface area contributed by atoms with E-state index in [4.69, 9.17) is 9.47 Å². The van der Waals surface area contributed by atoms with Gasteiger partial charge in [0.2, 0.25) is 0 Å². The van der Waals surface area contributed by atoms with Crippen molar-refractivity contribution in [2.24, 2.45) is 0 Å². The van der Waals surface area contributed by atoms with Gasteiger partial charge < -0.3 is 14.8 Å². The molecule has 8 nitrogen and oxygen atoms in total. The molecular weight excluding hydrogens is 430 g/mol. The number of nitro groups is 1. The monoisotopic (exact) mass is 445 g/mol. The van der Waals surface area contributed by atoms with Crippen LogP contribution in [0.3, 0.4) is 0 Å². The molecular formula is C19H16BrN3O5. The number of non-ortho nitro benzene ring substituents is 1. The summed E-state index contributed by atoms with van der Waals surface area (Å²) in [5.41, 5.74) is 1.09. The van der Waals surface area contributed by atoms with E-state index < -0.39 is 10.8 Å². The Morgan fingerprint density at radius 2 is 2.00 bits per heavy atom. The van der Waals surface area contributed by atoms with Crippen molar-refractivity contribution in [1.29, 1.82) is 5.26 Å². The molecule has 0 atom stereocenters. The van der Waals surface area contributed by atoms with E-state index in [1.807, 2.05) is 6.07 Å². The number of nitrogens with zero attached hydrogens (tertiary/aromatic N) is 2. The Hall–Kier alpha value is -3.38. The lowest BCUT2D eigenvalue weighted by Gasteiger charge is -2.11. The molecule has 0 unspecified atom stereocenters. The third-order valence-corrected chi connectivity index (χ3v) is 4.40. The molecule has 0 saturated carbocycles. The average molecular weight is 446 g/mol. The van der Waals surface area contributed by atoms with Crippen LogP contribution in [-0.2, 0) is 4.79 Å². The van der Waals surface area contributed by atoms with Gasteiger partial charge in [-0.05, 0) is 52.2 Å². The molecule has 1 amide bonds. The Labute approximate surface area is 169 Å². The van der Waals surface area contributed by atoms with Crippen LogP contribution in [-0.4, -0.2) is 25.1 Å². The molecule has 0 aliphatic carbocycles. The number of nitro benzene ring substituents is 1. The van der Waals surface area contributed by atoms with E-state index in [1.54, 1.807) is 19.1 Å². The van der Waals surface area contributed by atoms with Gasteiger partial charge >= 0.3 is 0 Å². The van der Waals surface area contributed by atoms with Crippen LogP contribution < -0.4 is 14.8 Å². The van der Waals surface area contributed by atoms with Crippen molar-refractivity contribution in [3.05, 3.63) is 61.6 Å². The average Bonchev–Trinajstić information content (AvgIpc) is 2.66. The number of carbonyl (C=O) groups is 1. The highest BCUT2D eigenvalue weighted by molar-refractivity contribution is 9.10. The minimum absolute atomic E-state index is 0.160. The van der Waals surface area contributed by atoms with Gasteiger partial charge in [0.25, 0.3) is 11.6 Å². The highest BCUT2D eigenvalue weighted by Gasteiger charge is 2.15. The van der Waals surface area contributed by atoms with Crippen molar-refractivity contribution in [2.45, 2.75) is 6.92 Å². The molecule has 0 fully saturated rings. The number of anilines is 1. The lowest BCUT2D eigenvalue weighted by Crippen LogP contribution is -2.14. The van der Waals surface area contributed by atoms with E-state index in [2.05, 4.69) is 21.2 Å². The predicted molar refractivity (Wildman–Crippen MR) is 107 cm³/mol. The fourth-order valence-electron chi connectivity index (χ4n) is 2.38. The van der Waals surface area contributed by atoms with Gasteiger partial charge in [-0.2, -0.15) is 5.26 Å². The number of nitrogens with one attached hydrogen (secondary N) is 1. The summed E-state index contributed by atoms with van der Waals surface area (Å²) in [5, 5.41) is 22.9. The second-order valence-corrected chi connectivity index (χ2v) is 6.47. The summed E-state index contributed by atoms with van der Waals surface area (Å²) in [6.45, 7) is 1.69. The van der Waals surface area contributed by atoms with Crippen LogP contribution in [0.4, 0.5) is 11.4 Å². The minimum Gasteiger partial charge on any atom is -0.493 e. The molecule has 9 heteroatoms. The Morgan fingerprint density at radius 3 is 2.57 bits per heavy atom. The van der Waals surface area contributed by atoms with E-state index in [9.17, 15) is 20.2 Å². The molecule has 0 aliphatic heterocycles. The van der Waals surface area contributed by atoms with Gasteiger partial charge in [0.15, 0.2) is 11.5 Å². The SMILES string of the molecule is COc1cc(/C=C(\C#N)C(=O)Nc2cc([N+](=O)[O-])ccc2C)cc(Br)c1OC. The summed E-state index contributed by atoms with van der Waals surface area (Å²) in [5.74, 6) is 0.224. The lowest BCUT2D eigenvalue weighted by molar-refractivity contribution is -0.384. The van der Waals surface area contributed by atoms with Crippen molar-refractivity contribution in [3.63, 3.8) is 0 Å². The number of carbonyl (C=O) groups excluding carboxylic acids is 1. The Morgan fingerprint density at radius 1 is 1.29 bits per heavy atom. The maximum absolute atomic E-state index is 12.5. The number of amides is 1. The normalized spacial score (nSPS) is 10.8. The molecule has 0 spiro atoms. The zero-order valence-electron chi connectivity index (χ0n) is 15.3. The molecule has 2 aromatic carbocycles. The minimum atomic E-state index is -0.683. The predicted octanol–water partition coefficient (Wildman–Crippen LogP) is 4.23. The van der Waals surface area contributed by atoms with Crippen LogP contribution in [0.5, 0.6) is 11.5 Å². The van der Waals surface area contributed by atoms with Crippen LogP contribution in [0.15, 0.2) is 40.4 Å². The van der Waals surface area contributed by atoms with Gasteiger partial charge in [-0.25, -0.2) is 0 Å². The largest absolute Gasteiger partial charge is 0.493 e. The number of aryl methyl sites for hydroxylation is 1. The zero-order chi connectivity index (χ0) is 20.8. The number of ether oxygens (including phenoxy) is 2. The fraction of sp³-hybridized carbons (Fsp3) is 0.158. The van der Waals surface area contributed by atoms with Crippen molar-refractivity contribution >= 4 is 39.3 Å². The molecule has 144 valence electrons. The first-order chi connectivity index (χ1) is 13.3. The molecule has 0 bridgehead atoms. The number of nitriles is 1. The van der Waals surface area contributed by atoms with Crippen molar-refractivity contribution in [2.75, 3.05) is 19.5 Å². The quantitative estimate of drug-likeness (QED) is 0.308. The number of halogens is 1. The summed E-state index contributed by atoms with van der Waals surface area (Å²) in [6, 6.07) is 9.24. The summed E-state index contributed by atoms with van der Waals surface area (Å²) in [6.07, 6.45) is 1.38. The second-order valence-electron chi connectivity index (χ2n) is 5.62. The summed E-state index contributed by atoms with van der Waals surface area (Å²) in [7, 11) is 2.97. The lowest BCUT2D eigenvalue weighted by atomic mass is 10.1. The molecule has 0 heterocycles. The van der Waals surface area contributed by atoms with Gasteiger partial charge in [-0.3, -0.25) is 14.9 Å². The zero-order valence-corrected chi connectivity index (χ0v) is 16.9. The van der Waals surface area contributed by atoms with Crippen molar-refractivity contribution < 1.29 is 19.2 Å². The van der Waals surface area contributed by atoms with Crippen LogP contribution in [0.2, 0.25) is 0 Å². The molecule has 0 radical (unpaired) electrons. The fourth-order valence-corrected chi connectivity index (χ4v) is 3.01. The summed E-state index contributed by atoms with van der Waals surface area (Å²) >= 11 is 3.35. The Balaban J connectivity index is 2.37. The first kappa shape index (κ1) is 20.9. The highest BCUT2D eigenvalue weighted by atomic mass is 79.9. The number of hydrogen-bond acceptors (Lipinski definition) is 6. The van der Waals surface area contributed by atoms with Crippen LogP contribution >= 0.6 is 15.9 Å². The van der Waals surface area contributed by atoms with Crippen LogP contribution in [0, 0.1) is 28.4 Å². The third kappa shape index (κ3) is 4.66. The van der Waals surface area contributed by atoms with Gasteiger partial charge in [0.05, 0.1) is 29.3 Å². The van der Waals surface area contributed by atoms with Gasteiger partial charge in [0, 0.05) is 12.1 Å². The molecule has 0 aliphatic rings. The molecule has 1 N–H and O–H groups in total. The first-order valence-corrected chi connectivity index (χ1v) is 8.69. The third-order valence-electron chi connectivity index (χ3n) is 3.81. The van der Waals surface area contributed by atoms with Gasteiger partial charge in [0.1, 0.15) is 11.6 Å². The summed E-state index contributed by atoms with van der Waals surface area (Å²) < 4.78 is 11.1. The van der Waals surface area contributed by atoms with Crippen LogP contribution in [0.25, 0.3) is 6.08 Å². The van der Waals surface area contributed by atoms with E-state index >= 15 is 0 Å². The highest BCUT2D eigenvalue weighted by Crippen LogP contribution is 2.36. The summed E-state index contributed by atoms with van der Waals surface area (Å²) in [4.78, 5) is 22.9. The van der Waals surface area contributed by atoms with Crippen molar-refractivity contribution in [1.82, 2.24) is 0 Å². The molecule has 2 aromatic rings. The van der Waals surface area contributed by atoms with Gasteiger partial charge in [-0.1, -0.05) is 6.07 Å². The van der Waals surface area contributed by atoms with E-state index in [0.29, 0.717) is 27.1 Å². The van der Waals surface area contributed by atoms with E-state index in [-0.39, 0.29) is 16.9 Å². The van der Waals surface area contributed by atoms with Crippen LogP contribution in [0.1, 0.15) is 11.1 Å². The molecule has 28 heavy (non-hydrogen) atoms. The topological polar surface area (TPSA) is 114 Å². The molecule has 0 aromatic heterocycles. The Kier molecular flexibility index (Phi) is 6.74. The van der Waals surface area contributed by atoms with E-state index in [0.717, 1.165) is 0 Å². The maximum Gasteiger partial charge on any atom is 0.271 e. The number of methoxy groups -OCH3 is 2. The number of benzene rings is 2. The smallest absolute Gasteiger partial charge is 0.271 e. The second kappa shape index (κ2) is 9.01. The Bertz CT molecular complexity index is 1010. The number of hydrogen-bond donors (Lipinski definition) is 1. The standard InChI is InChI=1S/C19H16BrN3O5/c1-11-4-5-14(23(25)26)9-16(11)22-19(24)13(10-21)6-12-7-15(20)18(28-3)17(8-12)27-2/h4-9H,1-3H3,(H,22,24)/b13-6+.